The van der Waals surface area contributed by atoms with Gasteiger partial charge in [0.05, 0.1) is 0 Å². The lowest BCUT2D eigenvalue weighted by Gasteiger charge is -2.11. The predicted molar refractivity (Wildman–Crippen MR) is 82.7 cm³/mol. The summed E-state index contributed by atoms with van der Waals surface area (Å²) < 4.78 is 28.8. The molecule has 0 aliphatic rings. The Bertz CT molecular complexity index is 722. The van der Waals surface area contributed by atoms with Crippen LogP contribution in [0, 0.1) is 6.92 Å². The SMILES string of the molecule is CCc1ccc(COc2ccc(C)cc2S(N)(=O)=O)cc1. The molecule has 0 heterocycles. The van der Waals surface area contributed by atoms with Crippen LogP contribution in [0.4, 0.5) is 0 Å². The van der Waals surface area contributed by atoms with Crippen molar-refractivity contribution in [3.05, 3.63) is 59.2 Å². The van der Waals surface area contributed by atoms with Crippen LogP contribution in [-0.2, 0) is 23.1 Å². The highest BCUT2D eigenvalue weighted by Crippen LogP contribution is 2.24. The third-order valence-electron chi connectivity index (χ3n) is 3.23. The minimum absolute atomic E-state index is 0.0210. The van der Waals surface area contributed by atoms with Crippen LogP contribution in [0.2, 0.25) is 0 Å². The summed E-state index contributed by atoms with van der Waals surface area (Å²) in [6, 6.07) is 13.0. The molecule has 0 fully saturated rings. The van der Waals surface area contributed by atoms with Crippen molar-refractivity contribution in [1.82, 2.24) is 0 Å². The van der Waals surface area contributed by atoms with Crippen LogP contribution in [0.5, 0.6) is 5.75 Å². The van der Waals surface area contributed by atoms with Crippen LogP contribution in [0.1, 0.15) is 23.6 Å². The Morgan fingerprint density at radius 3 is 2.24 bits per heavy atom. The summed E-state index contributed by atoms with van der Waals surface area (Å²) >= 11 is 0. The molecule has 0 spiro atoms. The van der Waals surface area contributed by atoms with Gasteiger partial charge in [-0.3, -0.25) is 0 Å². The molecule has 21 heavy (non-hydrogen) atoms. The van der Waals surface area contributed by atoms with E-state index in [0.29, 0.717) is 6.61 Å². The number of rotatable bonds is 5. The Balaban J connectivity index is 2.19. The number of hydrogen-bond donors (Lipinski definition) is 1. The number of sulfonamides is 1. The standard InChI is InChI=1S/C16H19NO3S/c1-3-13-5-7-14(8-6-13)11-20-15-9-4-12(2)10-16(15)21(17,18)19/h4-10H,3,11H2,1-2H3,(H2,17,18,19). The molecule has 4 nitrogen and oxygen atoms in total. The summed E-state index contributed by atoms with van der Waals surface area (Å²) in [5.74, 6) is 0.280. The van der Waals surface area contributed by atoms with E-state index in [1.807, 2.05) is 31.2 Å². The van der Waals surface area contributed by atoms with Crippen LogP contribution in [-0.4, -0.2) is 8.42 Å². The van der Waals surface area contributed by atoms with Crippen molar-refractivity contribution in [2.24, 2.45) is 5.14 Å². The third kappa shape index (κ3) is 4.06. The van der Waals surface area contributed by atoms with E-state index >= 15 is 0 Å². The molecule has 0 aliphatic carbocycles. The average Bonchev–Trinajstić information content (AvgIpc) is 2.45. The smallest absolute Gasteiger partial charge is 0.241 e. The second kappa shape index (κ2) is 6.28. The maximum absolute atomic E-state index is 11.6. The van der Waals surface area contributed by atoms with Gasteiger partial charge in [0.1, 0.15) is 17.3 Å². The van der Waals surface area contributed by atoms with Crippen molar-refractivity contribution < 1.29 is 13.2 Å². The quantitative estimate of drug-likeness (QED) is 0.923. The molecule has 0 saturated heterocycles. The first-order valence-electron chi connectivity index (χ1n) is 6.74. The summed E-state index contributed by atoms with van der Waals surface area (Å²) in [6.45, 7) is 4.20. The lowest BCUT2D eigenvalue weighted by atomic mass is 10.1. The van der Waals surface area contributed by atoms with E-state index in [4.69, 9.17) is 9.88 Å². The second-order valence-corrected chi connectivity index (χ2v) is 6.48. The summed E-state index contributed by atoms with van der Waals surface area (Å²) in [5, 5.41) is 5.23. The fourth-order valence-electron chi connectivity index (χ4n) is 1.99. The van der Waals surface area contributed by atoms with Crippen LogP contribution >= 0.6 is 0 Å². The van der Waals surface area contributed by atoms with Gasteiger partial charge >= 0.3 is 0 Å². The number of nitrogens with two attached hydrogens (primary N) is 1. The maximum atomic E-state index is 11.6. The molecular weight excluding hydrogens is 286 g/mol. The zero-order valence-electron chi connectivity index (χ0n) is 12.2. The van der Waals surface area contributed by atoms with E-state index < -0.39 is 10.0 Å². The molecule has 2 N–H and O–H groups in total. The second-order valence-electron chi connectivity index (χ2n) is 4.95. The van der Waals surface area contributed by atoms with Gasteiger partial charge in [0.25, 0.3) is 0 Å². The van der Waals surface area contributed by atoms with Gasteiger partial charge in [-0.25, -0.2) is 13.6 Å². The predicted octanol–water partition coefficient (Wildman–Crippen LogP) is 2.78. The molecule has 5 heteroatoms. The number of aryl methyl sites for hydroxylation is 2. The molecule has 0 saturated carbocycles. The van der Waals surface area contributed by atoms with Gasteiger partial charge in [-0.1, -0.05) is 37.3 Å². The Hall–Kier alpha value is -1.85. The van der Waals surface area contributed by atoms with Crippen molar-refractivity contribution in [1.29, 1.82) is 0 Å². The van der Waals surface area contributed by atoms with Gasteiger partial charge in [-0.2, -0.15) is 0 Å². The monoisotopic (exact) mass is 305 g/mol. The maximum Gasteiger partial charge on any atom is 0.241 e. The third-order valence-corrected chi connectivity index (χ3v) is 4.16. The minimum atomic E-state index is -3.80. The minimum Gasteiger partial charge on any atom is -0.487 e. The Morgan fingerprint density at radius 1 is 1.05 bits per heavy atom. The lowest BCUT2D eigenvalue weighted by Crippen LogP contribution is -2.14. The summed E-state index contributed by atoms with van der Waals surface area (Å²) in [4.78, 5) is 0.0210. The van der Waals surface area contributed by atoms with Gasteiger partial charge in [-0.05, 0) is 42.2 Å². The van der Waals surface area contributed by atoms with Crippen molar-refractivity contribution in [2.45, 2.75) is 31.8 Å². The molecule has 112 valence electrons. The van der Waals surface area contributed by atoms with Crippen molar-refractivity contribution in [2.75, 3.05) is 0 Å². The number of benzene rings is 2. The van der Waals surface area contributed by atoms with Gasteiger partial charge in [0, 0.05) is 0 Å². The van der Waals surface area contributed by atoms with Crippen molar-refractivity contribution in [3.63, 3.8) is 0 Å². The molecule has 0 amide bonds. The highest BCUT2D eigenvalue weighted by Gasteiger charge is 2.15. The highest BCUT2D eigenvalue weighted by atomic mass is 32.2. The topological polar surface area (TPSA) is 69.4 Å². The molecule has 0 radical (unpaired) electrons. The van der Waals surface area contributed by atoms with Crippen molar-refractivity contribution in [3.8, 4) is 5.75 Å². The van der Waals surface area contributed by atoms with Crippen LogP contribution < -0.4 is 9.88 Å². The van der Waals surface area contributed by atoms with Crippen LogP contribution in [0.25, 0.3) is 0 Å². The molecule has 0 unspecified atom stereocenters. The van der Waals surface area contributed by atoms with Gasteiger partial charge in [0.15, 0.2) is 0 Å². The van der Waals surface area contributed by atoms with E-state index in [1.54, 1.807) is 12.1 Å². The fourth-order valence-corrected chi connectivity index (χ4v) is 2.75. The van der Waals surface area contributed by atoms with Crippen LogP contribution in [0.15, 0.2) is 47.4 Å². The van der Waals surface area contributed by atoms with E-state index in [0.717, 1.165) is 17.5 Å². The first-order valence-corrected chi connectivity index (χ1v) is 8.29. The average molecular weight is 305 g/mol. The van der Waals surface area contributed by atoms with E-state index in [-0.39, 0.29) is 10.6 Å². The number of ether oxygens (including phenoxy) is 1. The molecular formula is C16H19NO3S. The number of primary sulfonamides is 1. The van der Waals surface area contributed by atoms with E-state index in [1.165, 1.54) is 11.6 Å². The first kappa shape index (κ1) is 15.5. The van der Waals surface area contributed by atoms with Crippen LogP contribution in [0.3, 0.4) is 0 Å². The normalized spacial score (nSPS) is 11.4. The van der Waals surface area contributed by atoms with E-state index in [2.05, 4.69) is 6.92 Å². The van der Waals surface area contributed by atoms with E-state index in [9.17, 15) is 8.42 Å². The Kier molecular flexibility index (Phi) is 4.65. The molecule has 0 aromatic heterocycles. The zero-order valence-corrected chi connectivity index (χ0v) is 13.0. The first-order chi connectivity index (χ1) is 9.90. The highest BCUT2D eigenvalue weighted by molar-refractivity contribution is 7.89. The molecule has 0 aliphatic heterocycles. The summed E-state index contributed by atoms with van der Waals surface area (Å²) in [5.41, 5.74) is 3.05. The fraction of sp³-hybridized carbons (Fsp3) is 0.250. The molecule has 2 aromatic rings. The molecule has 2 aromatic carbocycles. The summed E-state index contributed by atoms with van der Waals surface area (Å²) in [7, 11) is -3.80. The molecule has 2 rings (SSSR count). The van der Waals surface area contributed by atoms with Gasteiger partial charge in [-0.15, -0.1) is 0 Å². The van der Waals surface area contributed by atoms with Gasteiger partial charge < -0.3 is 4.74 Å². The zero-order chi connectivity index (χ0) is 15.5. The number of hydrogen-bond acceptors (Lipinski definition) is 3. The lowest BCUT2D eigenvalue weighted by molar-refractivity contribution is 0.298. The summed E-state index contributed by atoms with van der Waals surface area (Å²) in [6.07, 6.45) is 0.981. The molecule has 0 bridgehead atoms. The van der Waals surface area contributed by atoms with Gasteiger partial charge in [0.2, 0.25) is 10.0 Å². The molecule has 0 atom stereocenters. The Morgan fingerprint density at radius 2 is 1.67 bits per heavy atom. The largest absolute Gasteiger partial charge is 0.487 e. The Labute approximate surface area is 125 Å². The van der Waals surface area contributed by atoms with Crippen molar-refractivity contribution >= 4 is 10.0 Å².